The minimum Gasteiger partial charge on any atom is -0.462 e. The van der Waals surface area contributed by atoms with Crippen LogP contribution in [0, 0.1) is 13.8 Å². The quantitative estimate of drug-likeness (QED) is 0.764. The molecular weight excluding hydrogens is 326 g/mol. The summed E-state index contributed by atoms with van der Waals surface area (Å²) in [7, 11) is 0. The highest BCUT2D eigenvalue weighted by Gasteiger charge is 2.27. The number of carbonyl (C=O) groups is 3. The van der Waals surface area contributed by atoms with Gasteiger partial charge in [-0.15, -0.1) is 0 Å². The summed E-state index contributed by atoms with van der Waals surface area (Å²) in [6.45, 7) is 9.07. The highest BCUT2D eigenvalue weighted by molar-refractivity contribution is 6.01. The zero-order valence-electron chi connectivity index (χ0n) is 15.1. The number of H-pyrrole nitrogens is 1. The molecule has 0 bridgehead atoms. The number of nitrogens with one attached hydrogen (secondary N) is 2. The van der Waals surface area contributed by atoms with Gasteiger partial charge in [0.05, 0.1) is 25.4 Å². The summed E-state index contributed by atoms with van der Waals surface area (Å²) < 4.78 is 10.2. The van der Waals surface area contributed by atoms with Gasteiger partial charge in [0.25, 0.3) is 5.91 Å². The van der Waals surface area contributed by atoms with Crippen molar-refractivity contribution in [1.29, 1.82) is 0 Å². The highest BCUT2D eigenvalue weighted by atomic mass is 16.5. The van der Waals surface area contributed by atoms with E-state index in [1.54, 1.807) is 32.6 Å². The molecular formula is C17H25N3O5. The maximum Gasteiger partial charge on any atom is 0.340 e. The molecule has 0 radical (unpaired) electrons. The second kappa shape index (κ2) is 8.15. The summed E-state index contributed by atoms with van der Waals surface area (Å²) >= 11 is 0. The predicted molar refractivity (Wildman–Crippen MR) is 90.6 cm³/mol. The van der Waals surface area contributed by atoms with Crippen LogP contribution >= 0.6 is 0 Å². The number of ether oxygens (including phenoxy) is 2. The topological polar surface area (TPSA) is 101 Å². The summed E-state index contributed by atoms with van der Waals surface area (Å²) in [5, 5.41) is 2.69. The molecule has 8 heteroatoms. The van der Waals surface area contributed by atoms with Gasteiger partial charge in [0.2, 0.25) is 5.91 Å². The monoisotopic (exact) mass is 351 g/mol. The average molecular weight is 351 g/mol. The van der Waals surface area contributed by atoms with Crippen LogP contribution in [0.25, 0.3) is 0 Å². The number of hydrogen-bond acceptors (Lipinski definition) is 5. The molecule has 1 saturated heterocycles. The smallest absolute Gasteiger partial charge is 0.340 e. The SMILES string of the molecule is CCOC(=O)c1c(C)[nH]c(C(=O)N[C@@H](C)C(=O)N2CCOCC2)c1C. The Bertz CT molecular complexity index is 661. The Hall–Kier alpha value is -2.35. The zero-order chi connectivity index (χ0) is 18.6. The summed E-state index contributed by atoms with van der Waals surface area (Å²) in [5.74, 6) is -1.04. The van der Waals surface area contributed by atoms with Crippen LogP contribution in [0.15, 0.2) is 0 Å². The van der Waals surface area contributed by atoms with E-state index in [9.17, 15) is 14.4 Å². The maximum atomic E-state index is 12.5. The molecule has 0 spiro atoms. The molecule has 1 aromatic rings. The van der Waals surface area contributed by atoms with Crippen LogP contribution in [-0.2, 0) is 14.3 Å². The van der Waals surface area contributed by atoms with Gasteiger partial charge in [-0.05, 0) is 33.3 Å². The molecule has 8 nitrogen and oxygen atoms in total. The number of amides is 2. The first-order valence-electron chi connectivity index (χ1n) is 8.40. The minimum atomic E-state index is -0.667. The fourth-order valence-corrected chi connectivity index (χ4v) is 2.87. The molecule has 2 amide bonds. The van der Waals surface area contributed by atoms with Crippen molar-refractivity contribution in [1.82, 2.24) is 15.2 Å². The Morgan fingerprint density at radius 1 is 1.28 bits per heavy atom. The molecule has 1 aliphatic heterocycles. The molecule has 2 heterocycles. The summed E-state index contributed by atoms with van der Waals surface area (Å²) in [6.07, 6.45) is 0. The van der Waals surface area contributed by atoms with Gasteiger partial charge in [0.15, 0.2) is 0 Å². The van der Waals surface area contributed by atoms with Crippen LogP contribution in [0.4, 0.5) is 0 Å². The maximum absolute atomic E-state index is 12.5. The first-order valence-corrected chi connectivity index (χ1v) is 8.40. The number of rotatable bonds is 5. The number of hydrogen-bond donors (Lipinski definition) is 2. The Kier molecular flexibility index (Phi) is 6.19. The van der Waals surface area contributed by atoms with Crippen molar-refractivity contribution >= 4 is 17.8 Å². The third-order valence-electron chi connectivity index (χ3n) is 4.18. The van der Waals surface area contributed by atoms with Gasteiger partial charge in [-0.25, -0.2) is 4.79 Å². The van der Waals surface area contributed by atoms with Gasteiger partial charge in [-0.1, -0.05) is 0 Å². The van der Waals surface area contributed by atoms with E-state index in [0.29, 0.717) is 43.1 Å². The molecule has 2 N–H and O–H groups in total. The van der Waals surface area contributed by atoms with Gasteiger partial charge in [-0.2, -0.15) is 0 Å². The van der Waals surface area contributed by atoms with E-state index in [0.717, 1.165) is 0 Å². The lowest BCUT2D eigenvalue weighted by atomic mass is 10.1. The van der Waals surface area contributed by atoms with Crippen LogP contribution < -0.4 is 5.32 Å². The molecule has 25 heavy (non-hydrogen) atoms. The first-order chi connectivity index (χ1) is 11.9. The van der Waals surface area contributed by atoms with Crippen molar-refractivity contribution in [3.63, 3.8) is 0 Å². The predicted octanol–water partition coefficient (Wildman–Crippen LogP) is 0.785. The molecule has 1 aliphatic rings. The summed E-state index contributed by atoms with van der Waals surface area (Å²) in [4.78, 5) is 41.5. The second-order valence-corrected chi connectivity index (χ2v) is 5.98. The van der Waals surface area contributed by atoms with Crippen molar-refractivity contribution in [3.8, 4) is 0 Å². The van der Waals surface area contributed by atoms with E-state index < -0.39 is 17.9 Å². The zero-order valence-corrected chi connectivity index (χ0v) is 15.1. The van der Waals surface area contributed by atoms with E-state index in [1.807, 2.05) is 0 Å². The number of aromatic amines is 1. The van der Waals surface area contributed by atoms with Crippen LogP contribution in [0.3, 0.4) is 0 Å². The van der Waals surface area contributed by atoms with E-state index in [-0.39, 0.29) is 18.2 Å². The molecule has 0 saturated carbocycles. The molecule has 0 aromatic carbocycles. The van der Waals surface area contributed by atoms with E-state index >= 15 is 0 Å². The van der Waals surface area contributed by atoms with Crippen molar-refractivity contribution in [3.05, 3.63) is 22.5 Å². The fourth-order valence-electron chi connectivity index (χ4n) is 2.87. The molecule has 1 aromatic heterocycles. The average Bonchev–Trinajstić information content (AvgIpc) is 2.89. The minimum absolute atomic E-state index is 0.150. The molecule has 1 atom stereocenters. The molecule has 0 aliphatic carbocycles. The van der Waals surface area contributed by atoms with Crippen molar-refractivity contribution in [2.75, 3.05) is 32.9 Å². The number of carbonyl (C=O) groups excluding carboxylic acids is 3. The molecule has 1 fully saturated rings. The van der Waals surface area contributed by atoms with Gasteiger partial charge < -0.3 is 24.7 Å². The molecule has 138 valence electrons. The van der Waals surface area contributed by atoms with Crippen molar-refractivity contribution < 1.29 is 23.9 Å². The third-order valence-corrected chi connectivity index (χ3v) is 4.18. The van der Waals surface area contributed by atoms with Crippen molar-refractivity contribution in [2.24, 2.45) is 0 Å². The molecule has 2 rings (SSSR count). The van der Waals surface area contributed by atoms with Gasteiger partial charge in [0, 0.05) is 18.8 Å². The molecule has 0 unspecified atom stereocenters. The van der Waals surface area contributed by atoms with Gasteiger partial charge in [-0.3, -0.25) is 9.59 Å². The normalized spacial score (nSPS) is 15.6. The van der Waals surface area contributed by atoms with Crippen LogP contribution in [0.2, 0.25) is 0 Å². The number of morpholine rings is 1. The number of esters is 1. The van der Waals surface area contributed by atoms with Crippen LogP contribution in [-0.4, -0.2) is 66.6 Å². The van der Waals surface area contributed by atoms with Crippen molar-refractivity contribution in [2.45, 2.75) is 33.7 Å². The van der Waals surface area contributed by atoms with Gasteiger partial charge in [0.1, 0.15) is 11.7 Å². The summed E-state index contributed by atoms with van der Waals surface area (Å²) in [6, 6.07) is -0.667. The first kappa shape index (κ1) is 19.0. The van der Waals surface area contributed by atoms with E-state index in [1.165, 1.54) is 0 Å². The number of aromatic nitrogens is 1. The fraction of sp³-hybridized carbons (Fsp3) is 0.588. The van der Waals surface area contributed by atoms with Crippen LogP contribution in [0.1, 0.15) is 46.0 Å². The second-order valence-electron chi connectivity index (χ2n) is 5.98. The lowest BCUT2D eigenvalue weighted by Crippen LogP contribution is -2.50. The lowest BCUT2D eigenvalue weighted by Gasteiger charge is -2.29. The van der Waals surface area contributed by atoms with E-state index in [2.05, 4.69) is 10.3 Å². The lowest BCUT2D eigenvalue weighted by molar-refractivity contribution is -0.136. The van der Waals surface area contributed by atoms with Crippen LogP contribution in [0.5, 0.6) is 0 Å². The Labute approximate surface area is 146 Å². The Morgan fingerprint density at radius 2 is 1.92 bits per heavy atom. The number of aryl methyl sites for hydroxylation is 1. The standard InChI is InChI=1S/C17H25N3O5/c1-5-25-17(23)13-10(2)14(18-11(13)3)15(21)19-12(4)16(22)20-6-8-24-9-7-20/h12,18H,5-9H2,1-4H3,(H,19,21)/t12-/m0/s1. The largest absolute Gasteiger partial charge is 0.462 e. The van der Waals surface area contributed by atoms with Gasteiger partial charge >= 0.3 is 5.97 Å². The number of nitrogens with zero attached hydrogens (tertiary/aromatic N) is 1. The van der Waals surface area contributed by atoms with E-state index in [4.69, 9.17) is 9.47 Å². The highest BCUT2D eigenvalue weighted by Crippen LogP contribution is 2.19. The third kappa shape index (κ3) is 4.19. The Balaban J connectivity index is 2.09. The Morgan fingerprint density at radius 3 is 2.52 bits per heavy atom. The summed E-state index contributed by atoms with van der Waals surface area (Å²) in [5.41, 5.74) is 1.70.